The van der Waals surface area contributed by atoms with Gasteiger partial charge in [-0.3, -0.25) is 29.4 Å². The van der Waals surface area contributed by atoms with Gasteiger partial charge in [0.1, 0.15) is 5.54 Å². The molecule has 0 aromatic heterocycles. The minimum atomic E-state index is -3.13. The summed E-state index contributed by atoms with van der Waals surface area (Å²) in [6.07, 6.45) is 1.88. The summed E-state index contributed by atoms with van der Waals surface area (Å²) in [7, 11) is -3.13. The summed E-state index contributed by atoms with van der Waals surface area (Å²) >= 11 is 0. The lowest BCUT2D eigenvalue weighted by Gasteiger charge is -2.39. The van der Waals surface area contributed by atoms with Crippen molar-refractivity contribution < 1.29 is 33.9 Å². The van der Waals surface area contributed by atoms with Crippen molar-refractivity contribution in [3.8, 4) is 0 Å². The number of hydrogen-bond donors (Lipinski definition) is 3. The predicted octanol–water partition coefficient (Wildman–Crippen LogP) is 4.25. The summed E-state index contributed by atoms with van der Waals surface area (Å²) in [5.74, 6) is -1.23. The molecule has 56 heavy (non-hydrogen) atoms. The second-order valence-corrected chi connectivity index (χ2v) is 20.5. The second-order valence-electron chi connectivity index (χ2n) is 16.6. The average Bonchev–Trinajstić information content (AvgIpc) is 3.91. The number of likely N-dealkylation sites (tertiary alicyclic amines) is 1. The number of para-hydroxylation sites is 1. The molecule has 5 aliphatic rings. The molecule has 5 heterocycles. The molecule has 0 saturated carbocycles. The van der Waals surface area contributed by atoms with E-state index in [0.717, 1.165) is 30.8 Å². The van der Waals surface area contributed by atoms with Crippen molar-refractivity contribution in [1.29, 1.82) is 0 Å². The molecular formula is C41H50N6O8Si. The van der Waals surface area contributed by atoms with E-state index in [9.17, 15) is 29.6 Å². The number of aliphatic hydroxyl groups is 1. The second kappa shape index (κ2) is 14.4. The molecule has 3 N–H and O–H groups in total. The molecule has 3 aromatic rings. The monoisotopic (exact) mass is 782 g/mol. The normalized spacial score (nSPS) is 27.2. The van der Waals surface area contributed by atoms with Gasteiger partial charge in [-0.15, -0.1) is 0 Å². The Morgan fingerprint density at radius 1 is 1.02 bits per heavy atom. The fourth-order valence-corrected chi connectivity index (χ4v) is 12.9. The van der Waals surface area contributed by atoms with Crippen molar-refractivity contribution in [3.05, 3.63) is 94.0 Å². The van der Waals surface area contributed by atoms with Crippen LogP contribution in [0.5, 0.6) is 0 Å². The van der Waals surface area contributed by atoms with E-state index in [1.807, 2.05) is 66.4 Å². The Morgan fingerprint density at radius 3 is 2.45 bits per heavy atom. The Labute approximate surface area is 327 Å². The van der Waals surface area contributed by atoms with Crippen LogP contribution in [0.25, 0.3) is 0 Å². The predicted molar refractivity (Wildman–Crippen MR) is 212 cm³/mol. The van der Waals surface area contributed by atoms with Crippen molar-refractivity contribution in [1.82, 2.24) is 10.2 Å². The van der Waals surface area contributed by atoms with Crippen molar-refractivity contribution >= 4 is 48.8 Å². The number of nitrogens with one attached hydrogen (secondary N) is 1. The van der Waals surface area contributed by atoms with Crippen molar-refractivity contribution in [2.24, 2.45) is 5.92 Å². The molecule has 3 aromatic carbocycles. The van der Waals surface area contributed by atoms with Crippen LogP contribution in [0.2, 0.25) is 18.6 Å². The molecule has 2 spiro atoms. The molecule has 4 fully saturated rings. The lowest BCUT2D eigenvalue weighted by molar-refractivity contribution is -0.385. The third kappa shape index (κ3) is 6.11. The van der Waals surface area contributed by atoms with Crippen LogP contribution in [0.3, 0.4) is 0 Å². The van der Waals surface area contributed by atoms with Gasteiger partial charge < -0.3 is 34.7 Å². The molecule has 0 aliphatic carbocycles. The Hall–Kier alpha value is -4.67. The molecule has 4 saturated heterocycles. The molecule has 3 amide bonds. The van der Waals surface area contributed by atoms with Crippen LogP contribution in [0.1, 0.15) is 50.2 Å². The third-order valence-corrected chi connectivity index (χ3v) is 15.5. The molecule has 5 aliphatic heterocycles. The highest BCUT2D eigenvalue weighted by atomic mass is 28.4. The number of amides is 3. The van der Waals surface area contributed by atoms with E-state index in [0.29, 0.717) is 49.4 Å². The first-order valence-corrected chi connectivity index (χ1v) is 22.7. The van der Waals surface area contributed by atoms with Gasteiger partial charge >= 0.3 is 0 Å². The zero-order valence-corrected chi connectivity index (χ0v) is 33.1. The zero-order valence-electron chi connectivity index (χ0n) is 32.1. The number of non-ortho nitro benzene ring substituents is 1. The van der Waals surface area contributed by atoms with Crippen LogP contribution in [0.4, 0.5) is 22.7 Å². The van der Waals surface area contributed by atoms with E-state index in [4.69, 9.17) is 4.74 Å². The van der Waals surface area contributed by atoms with Crippen LogP contribution < -0.4 is 20.0 Å². The Kier molecular flexibility index (Phi) is 9.80. The standard InChI is InChI=1S/C41H50N6O8Si/c1-27-37(56(2,3)54)35(23-36(49)43-20-8-13-32(43)25-48)55-41(27)33-22-31(47(52)53)14-15-34(33)44(39(41)51)24-28-9-7-12-30(21-28)45-26-46(29-10-5-4-6-11-29)40(38(45)50)16-18-42-19-17-40/h4-7,9-12,14-15,21-22,27,32,35,37,42,48,54H,8,13,16-20,23-26H2,1-3H3/t27-,32+,35+,37-,41+/m1/s1. The summed E-state index contributed by atoms with van der Waals surface area (Å²) in [5, 5.41) is 25.4. The lowest BCUT2D eigenvalue weighted by Crippen LogP contribution is -2.55. The van der Waals surface area contributed by atoms with Gasteiger partial charge in [0.2, 0.25) is 5.91 Å². The largest absolute Gasteiger partial charge is 0.432 e. The summed E-state index contributed by atoms with van der Waals surface area (Å²) in [6, 6.07) is 21.6. The van der Waals surface area contributed by atoms with E-state index < -0.39 is 47.9 Å². The Balaban J connectivity index is 1.13. The van der Waals surface area contributed by atoms with Crippen molar-refractivity contribution in [2.45, 2.75) is 87.5 Å². The number of aliphatic hydroxyl groups excluding tert-OH is 1. The van der Waals surface area contributed by atoms with E-state index in [1.165, 1.54) is 12.1 Å². The number of carbonyl (C=O) groups is 3. The minimum Gasteiger partial charge on any atom is -0.432 e. The van der Waals surface area contributed by atoms with Gasteiger partial charge in [-0.05, 0) is 87.8 Å². The van der Waals surface area contributed by atoms with Gasteiger partial charge in [-0.25, -0.2) is 0 Å². The molecule has 0 bridgehead atoms. The molecule has 8 rings (SSSR count). The maximum atomic E-state index is 15.1. The van der Waals surface area contributed by atoms with E-state index in [1.54, 1.807) is 29.0 Å². The van der Waals surface area contributed by atoms with Gasteiger partial charge in [0.25, 0.3) is 17.5 Å². The number of carbonyl (C=O) groups excluding carboxylic acids is 3. The number of nitro groups is 1. The van der Waals surface area contributed by atoms with Gasteiger partial charge in [0.15, 0.2) is 13.9 Å². The van der Waals surface area contributed by atoms with Crippen LogP contribution in [-0.4, -0.2) is 96.4 Å². The number of benzene rings is 3. The summed E-state index contributed by atoms with van der Waals surface area (Å²) in [4.78, 5) is 73.9. The smallest absolute Gasteiger partial charge is 0.269 e. The highest BCUT2D eigenvalue weighted by Gasteiger charge is 2.67. The first kappa shape index (κ1) is 38.2. The number of piperidine rings is 1. The zero-order chi connectivity index (χ0) is 39.6. The van der Waals surface area contributed by atoms with Gasteiger partial charge in [-0.1, -0.05) is 37.3 Å². The molecule has 0 unspecified atom stereocenters. The molecular weight excluding hydrogens is 733 g/mol. The van der Waals surface area contributed by atoms with Crippen molar-refractivity contribution in [3.63, 3.8) is 0 Å². The maximum absolute atomic E-state index is 15.1. The third-order valence-electron chi connectivity index (χ3n) is 13.0. The molecule has 0 radical (unpaired) electrons. The van der Waals surface area contributed by atoms with E-state index >= 15 is 4.79 Å². The number of nitro benzene ring substituents is 1. The maximum Gasteiger partial charge on any atom is 0.269 e. The Morgan fingerprint density at radius 2 is 1.75 bits per heavy atom. The number of anilines is 3. The number of nitrogens with zero attached hydrogens (tertiary/aromatic N) is 5. The van der Waals surface area contributed by atoms with Gasteiger partial charge in [0.05, 0.1) is 49.0 Å². The van der Waals surface area contributed by atoms with Gasteiger partial charge in [0, 0.05) is 47.1 Å². The fraction of sp³-hybridized carbons (Fsp3) is 0.488. The topological polar surface area (TPSA) is 169 Å². The van der Waals surface area contributed by atoms with Crippen LogP contribution >= 0.6 is 0 Å². The van der Waals surface area contributed by atoms with E-state index in [2.05, 4.69) is 10.2 Å². The quantitative estimate of drug-likeness (QED) is 0.162. The van der Waals surface area contributed by atoms with Crippen molar-refractivity contribution in [2.75, 3.05) is 47.6 Å². The average molecular weight is 783 g/mol. The highest BCUT2D eigenvalue weighted by molar-refractivity contribution is 6.71. The summed E-state index contributed by atoms with van der Waals surface area (Å²) in [5.41, 5.74) is 0.102. The molecule has 14 nitrogen and oxygen atoms in total. The fourth-order valence-electron chi connectivity index (χ4n) is 10.4. The van der Waals surface area contributed by atoms with Crippen LogP contribution in [-0.2, 0) is 31.3 Å². The minimum absolute atomic E-state index is 0.0312. The van der Waals surface area contributed by atoms with Crippen LogP contribution in [0.15, 0.2) is 72.8 Å². The summed E-state index contributed by atoms with van der Waals surface area (Å²) < 4.78 is 6.83. The molecule has 15 heteroatoms. The van der Waals surface area contributed by atoms with Crippen LogP contribution in [0, 0.1) is 16.0 Å². The summed E-state index contributed by atoms with van der Waals surface area (Å²) in [6.45, 7) is 7.65. The highest BCUT2D eigenvalue weighted by Crippen LogP contribution is 2.60. The number of hydrogen-bond acceptors (Lipinski definition) is 10. The SMILES string of the molecule is C[C@@H]1[C@@H]([Si](C)(C)O)[C@H](CC(=O)N2CCC[C@H]2CO)O[C@@]12C(=O)N(Cc1cccc(N3CN(c4ccccc4)C4(CCNCC4)C3=O)c1)c1ccc([N+](=O)[O-])cc12. The van der Waals surface area contributed by atoms with Gasteiger partial charge in [-0.2, -0.15) is 0 Å². The lowest BCUT2D eigenvalue weighted by atomic mass is 9.82. The Bertz CT molecular complexity index is 2040. The number of fused-ring (bicyclic) bond motifs is 2. The van der Waals surface area contributed by atoms with E-state index in [-0.39, 0.29) is 43.1 Å². The molecule has 5 atom stereocenters. The number of rotatable bonds is 9. The molecule has 296 valence electrons. The number of ether oxygens (including phenoxy) is 1. The first-order valence-electron chi connectivity index (χ1n) is 19.7. The first-order chi connectivity index (χ1) is 26.8.